The molecule has 0 aliphatic heterocycles. The van der Waals surface area contributed by atoms with Crippen LogP contribution in [0.2, 0.25) is 10.0 Å². The van der Waals surface area contributed by atoms with Crippen LogP contribution >= 0.6 is 23.2 Å². The van der Waals surface area contributed by atoms with Crippen molar-refractivity contribution in [1.29, 1.82) is 0 Å². The molecule has 0 saturated carbocycles. The second-order valence-electron chi connectivity index (χ2n) is 4.31. The van der Waals surface area contributed by atoms with Gasteiger partial charge in [0.25, 0.3) is 0 Å². The van der Waals surface area contributed by atoms with Crippen molar-refractivity contribution in [3.63, 3.8) is 0 Å². The lowest BCUT2D eigenvalue weighted by Gasteiger charge is -2.17. The summed E-state index contributed by atoms with van der Waals surface area (Å²) in [7, 11) is 0. The number of halogens is 2. The summed E-state index contributed by atoms with van der Waals surface area (Å²) in [4.78, 5) is 11.5. The first-order valence-corrected chi connectivity index (χ1v) is 6.87. The Kier molecular flexibility index (Phi) is 6.42. The number of benzene rings is 1. The molecule has 0 saturated heterocycles. The molecule has 1 aromatic carbocycles. The molecule has 1 rings (SSSR count). The number of urea groups is 1. The summed E-state index contributed by atoms with van der Waals surface area (Å²) in [6, 6.07) is 4.75. The molecule has 19 heavy (non-hydrogen) atoms. The quantitative estimate of drug-likeness (QED) is 0.782. The monoisotopic (exact) mass is 304 g/mol. The predicted molar refractivity (Wildman–Crippen MR) is 77.7 cm³/mol. The van der Waals surface area contributed by atoms with Crippen LogP contribution in [0.25, 0.3) is 0 Å². The third-order valence-electron chi connectivity index (χ3n) is 2.78. The Hall–Kier alpha value is -0.970. The average Bonchev–Trinajstić information content (AvgIpc) is 2.36. The van der Waals surface area contributed by atoms with E-state index in [4.69, 9.17) is 23.2 Å². The number of aliphatic hydroxyl groups excluding tert-OH is 1. The average molecular weight is 305 g/mol. The zero-order valence-corrected chi connectivity index (χ0v) is 12.4. The van der Waals surface area contributed by atoms with Gasteiger partial charge in [0.05, 0.1) is 6.10 Å². The second-order valence-corrected chi connectivity index (χ2v) is 5.13. The van der Waals surface area contributed by atoms with Gasteiger partial charge in [-0.25, -0.2) is 4.79 Å². The highest BCUT2D eigenvalue weighted by molar-refractivity contribution is 6.36. The summed E-state index contributed by atoms with van der Waals surface area (Å²) in [5.74, 6) is 0. The number of aliphatic hydroxyl groups is 1. The molecule has 1 aromatic rings. The molecule has 106 valence electrons. The van der Waals surface area contributed by atoms with E-state index in [1.165, 1.54) is 0 Å². The predicted octanol–water partition coefficient (Wildman–Crippen LogP) is 3.12. The van der Waals surface area contributed by atoms with E-state index in [-0.39, 0.29) is 18.6 Å². The number of hydrogen-bond acceptors (Lipinski definition) is 2. The highest BCUT2D eigenvalue weighted by Gasteiger charge is 2.16. The first-order chi connectivity index (χ1) is 8.95. The van der Waals surface area contributed by atoms with Crippen molar-refractivity contribution in [2.45, 2.75) is 32.4 Å². The molecule has 2 amide bonds. The zero-order valence-electron chi connectivity index (χ0n) is 10.9. The van der Waals surface area contributed by atoms with Gasteiger partial charge in [0.15, 0.2) is 0 Å². The van der Waals surface area contributed by atoms with Crippen molar-refractivity contribution in [3.05, 3.63) is 33.8 Å². The highest BCUT2D eigenvalue weighted by Crippen LogP contribution is 2.29. The molecule has 3 N–H and O–H groups in total. The van der Waals surface area contributed by atoms with E-state index in [1.54, 1.807) is 18.2 Å². The molecule has 4 nitrogen and oxygen atoms in total. The molecule has 0 aliphatic carbocycles. The zero-order chi connectivity index (χ0) is 14.4. The van der Waals surface area contributed by atoms with Gasteiger partial charge in [-0.05, 0) is 25.5 Å². The second kappa shape index (κ2) is 7.58. The summed E-state index contributed by atoms with van der Waals surface area (Å²) in [5.41, 5.74) is 0.426. The Labute approximate surface area is 123 Å². The summed E-state index contributed by atoms with van der Waals surface area (Å²) in [6.07, 6.45) is -0.101. The Bertz CT molecular complexity index is 420. The van der Waals surface area contributed by atoms with Gasteiger partial charge in [0.2, 0.25) is 0 Å². The molecule has 0 bridgehead atoms. The van der Waals surface area contributed by atoms with Crippen LogP contribution in [-0.4, -0.2) is 23.7 Å². The summed E-state index contributed by atoms with van der Waals surface area (Å²) in [6.45, 7) is 3.93. The number of carbonyl (C=O) groups is 1. The van der Waals surface area contributed by atoms with Crippen molar-refractivity contribution in [2.24, 2.45) is 0 Å². The van der Waals surface area contributed by atoms with Gasteiger partial charge in [-0.3, -0.25) is 0 Å². The summed E-state index contributed by atoms with van der Waals surface area (Å²) < 4.78 is 0. The van der Waals surface area contributed by atoms with Crippen LogP contribution in [0.1, 0.15) is 31.9 Å². The molecule has 2 atom stereocenters. The fraction of sp³-hybridized carbons (Fsp3) is 0.462. The van der Waals surface area contributed by atoms with E-state index >= 15 is 0 Å². The molecule has 0 heterocycles. The van der Waals surface area contributed by atoms with Crippen LogP contribution < -0.4 is 10.6 Å². The minimum Gasteiger partial charge on any atom is -0.386 e. The molecule has 0 aromatic heterocycles. The van der Waals surface area contributed by atoms with Crippen molar-refractivity contribution >= 4 is 29.2 Å². The Morgan fingerprint density at radius 3 is 2.47 bits per heavy atom. The number of amides is 2. The lowest BCUT2D eigenvalue weighted by Crippen LogP contribution is -2.42. The summed E-state index contributed by atoms with van der Waals surface area (Å²) >= 11 is 11.9. The van der Waals surface area contributed by atoms with Crippen molar-refractivity contribution < 1.29 is 9.90 Å². The number of carbonyl (C=O) groups excluding carboxylic acids is 1. The van der Waals surface area contributed by atoms with Crippen molar-refractivity contribution in [2.75, 3.05) is 6.54 Å². The fourth-order valence-electron chi connectivity index (χ4n) is 1.50. The molecule has 6 heteroatoms. The number of nitrogens with one attached hydrogen (secondary N) is 2. The Morgan fingerprint density at radius 1 is 1.37 bits per heavy atom. The molecule has 0 aliphatic rings. The first-order valence-electron chi connectivity index (χ1n) is 6.12. The number of hydrogen-bond donors (Lipinski definition) is 3. The molecule has 0 fully saturated rings. The maximum absolute atomic E-state index is 11.5. The van der Waals surface area contributed by atoms with Crippen LogP contribution in [0.5, 0.6) is 0 Å². The SMILES string of the molecule is CCC(C)NC(=O)NCC(O)c1c(Cl)cccc1Cl. The number of rotatable bonds is 5. The lowest BCUT2D eigenvalue weighted by molar-refractivity contribution is 0.172. The van der Waals surface area contributed by atoms with Crippen LogP contribution in [0, 0.1) is 0 Å². The topological polar surface area (TPSA) is 61.4 Å². The van der Waals surface area contributed by atoms with Gasteiger partial charge < -0.3 is 15.7 Å². The third-order valence-corrected chi connectivity index (χ3v) is 3.44. The maximum Gasteiger partial charge on any atom is 0.315 e. The Morgan fingerprint density at radius 2 is 1.95 bits per heavy atom. The van der Waals surface area contributed by atoms with E-state index < -0.39 is 6.10 Å². The van der Waals surface area contributed by atoms with E-state index in [0.717, 1.165) is 6.42 Å². The molecule has 0 spiro atoms. The maximum atomic E-state index is 11.5. The van der Waals surface area contributed by atoms with E-state index in [0.29, 0.717) is 15.6 Å². The van der Waals surface area contributed by atoms with Gasteiger partial charge in [-0.15, -0.1) is 0 Å². The van der Waals surface area contributed by atoms with Gasteiger partial charge in [0.1, 0.15) is 0 Å². The Balaban J connectivity index is 2.56. The fourth-order valence-corrected chi connectivity index (χ4v) is 2.15. The molecule has 2 unspecified atom stereocenters. The molecular formula is C13H18Cl2N2O2. The minimum atomic E-state index is -0.941. The van der Waals surface area contributed by atoms with Crippen LogP contribution in [0.4, 0.5) is 4.79 Å². The normalized spacial score (nSPS) is 13.7. The van der Waals surface area contributed by atoms with Crippen LogP contribution in [0.3, 0.4) is 0 Å². The van der Waals surface area contributed by atoms with Gasteiger partial charge in [-0.2, -0.15) is 0 Å². The third kappa shape index (κ3) is 4.90. The highest BCUT2D eigenvalue weighted by atomic mass is 35.5. The first kappa shape index (κ1) is 16.1. The van der Waals surface area contributed by atoms with Crippen LogP contribution in [-0.2, 0) is 0 Å². The largest absolute Gasteiger partial charge is 0.386 e. The van der Waals surface area contributed by atoms with Crippen LogP contribution in [0.15, 0.2) is 18.2 Å². The summed E-state index contributed by atoms with van der Waals surface area (Å²) in [5, 5.41) is 16.1. The van der Waals surface area contributed by atoms with Gasteiger partial charge >= 0.3 is 6.03 Å². The van der Waals surface area contributed by atoms with Crippen molar-refractivity contribution in [1.82, 2.24) is 10.6 Å². The van der Waals surface area contributed by atoms with E-state index in [2.05, 4.69) is 10.6 Å². The van der Waals surface area contributed by atoms with Gasteiger partial charge in [0, 0.05) is 28.2 Å². The smallest absolute Gasteiger partial charge is 0.315 e. The van der Waals surface area contributed by atoms with Gasteiger partial charge in [-0.1, -0.05) is 36.2 Å². The van der Waals surface area contributed by atoms with E-state index in [1.807, 2.05) is 13.8 Å². The van der Waals surface area contributed by atoms with Crippen molar-refractivity contribution in [3.8, 4) is 0 Å². The standard InChI is InChI=1S/C13H18Cl2N2O2/c1-3-8(2)17-13(19)16-7-11(18)12-9(14)5-4-6-10(12)15/h4-6,8,11,18H,3,7H2,1-2H3,(H2,16,17,19). The lowest BCUT2D eigenvalue weighted by atomic mass is 10.1. The molecule has 0 radical (unpaired) electrons. The molecular weight excluding hydrogens is 287 g/mol. The minimum absolute atomic E-state index is 0.0473. The van der Waals surface area contributed by atoms with E-state index in [9.17, 15) is 9.90 Å².